The number of hydrogen-bond acceptors (Lipinski definition) is 4. The summed E-state index contributed by atoms with van der Waals surface area (Å²) in [7, 11) is 0. The van der Waals surface area contributed by atoms with Crippen LogP contribution >= 0.6 is 27.5 Å². The lowest BCUT2D eigenvalue weighted by molar-refractivity contribution is 0.380. The molecule has 0 radical (unpaired) electrons. The molecular weight excluding hydrogens is 293 g/mol. The molecule has 0 atom stereocenters. The van der Waals surface area contributed by atoms with Crippen LogP contribution in [0.25, 0.3) is 11.4 Å². The van der Waals surface area contributed by atoms with Crippen molar-refractivity contribution in [2.24, 2.45) is 5.73 Å². The largest absolute Gasteiger partial charge is 0.338 e. The standard InChI is InChI=1S/C10H9BrClN3O/c1-5-7(2-6(11)3-8(5)12)10-14-9(4-13)16-15-10/h2-3H,4,13H2,1H3. The maximum atomic E-state index is 6.07. The molecule has 1 aromatic carbocycles. The van der Waals surface area contributed by atoms with E-state index in [2.05, 4.69) is 26.1 Å². The molecule has 0 spiro atoms. The Morgan fingerprint density at radius 2 is 2.25 bits per heavy atom. The van der Waals surface area contributed by atoms with Crippen LogP contribution in [0.5, 0.6) is 0 Å². The average molecular weight is 303 g/mol. The number of nitrogens with zero attached hydrogens (tertiary/aromatic N) is 2. The highest BCUT2D eigenvalue weighted by molar-refractivity contribution is 9.10. The van der Waals surface area contributed by atoms with E-state index in [0.29, 0.717) is 16.7 Å². The Labute approximate surface area is 106 Å². The third kappa shape index (κ3) is 2.11. The summed E-state index contributed by atoms with van der Waals surface area (Å²) < 4.78 is 5.83. The van der Waals surface area contributed by atoms with Crippen molar-refractivity contribution in [3.05, 3.63) is 33.1 Å². The fourth-order valence-electron chi connectivity index (χ4n) is 1.33. The molecule has 2 rings (SSSR count). The minimum absolute atomic E-state index is 0.230. The lowest BCUT2D eigenvalue weighted by Crippen LogP contribution is -1.96. The molecule has 84 valence electrons. The molecule has 0 fully saturated rings. The predicted molar refractivity (Wildman–Crippen MR) is 65.1 cm³/mol. The Morgan fingerprint density at radius 1 is 1.50 bits per heavy atom. The first-order chi connectivity index (χ1) is 7.61. The highest BCUT2D eigenvalue weighted by Gasteiger charge is 2.12. The highest BCUT2D eigenvalue weighted by Crippen LogP contribution is 2.30. The quantitative estimate of drug-likeness (QED) is 0.926. The highest BCUT2D eigenvalue weighted by atomic mass is 79.9. The van der Waals surface area contributed by atoms with E-state index >= 15 is 0 Å². The second-order valence-corrected chi connectivity index (χ2v) is 4.60. The first-order valence-corrected chi connectivity index (χ1v) is 5.77. The number of aromatic nitrogens is 2. The molecule has 2 aromatic rings. The number of benzene rings is 1. The van der Waals surface area contributed by atoms with E-state index in [1.165, 1.54) is 0 Å². The fraction of sp³-hybridized carbons (Fsp3) is 0.200. The lowest BCUT2D eigenvalue weighted by atomic mass is 10.1. The minimum Gasteiger partial charge on any atom is -0.338 e. The van der Waals surface area contributed by atoms with Crippen LogP contribution < -0.4 is 5.73 Å². The lowest BCUT2D eigenvalue weighted by Gasteiger charge is -2.04. The summed E-state index contributed by atoms with van der Waals surface area (Å²) in [6.07, 6.45) is 0. The van der Waals surface area contributed by atoms with Gasteiger partial charge < -0.3 is 10.3 Å². The van der Waals surface area contributed by atoms with E-state index in [1.54, 1.807) is 0 Å². The zero-order valence-corrected chi connectivity index (χ0v) is 10.8. The maximum Gasteiger partial charge on any atom is 0.240 e. The molecule has 0 aliphatic heterocycles. The average Bonchev–Trinajstić information content (AvgIpc) is 2.71. The molecule has 0 bridgehead atoms. The van der Waals surface area contributed by atoms with Crippen LogP contribution in [0.3, 0.4) is 0 Å². The van der Waals surface area contributed by atoms with Crippen molar-refractivity contribution < 1.29 is 4.52 Å². The second-order valence-electron chi connectivity index (χ2n) is 3.28. The Kier molecular flexibility index (Phi) is 3.28. The van der Waals surface area contributed by atoms with Gasteiger partial charge in [0.25, 0.3) is 0 Å². The molecule has 0 saturated carbocycles. The molecule has 6 heteroatoms. The van der Waals surface area contributed by atoms with Gasteiger partial charge in [-0.15, -0.1) is 0 Å². The van der Waals surface area contributed by atoms with Gasteiger partial charge in [0, 0.05) is 15.1 Å². The van der Waals surface area contributed by atoms with Crippen LogP contribution in [0, 0.1) is 6.92 Å². The zero-order valence-electron chi connectivity index (χ0n) is 8.50. The Balaban J connectivity index is 2.54. The van der Waals surface area contributed by atoms with Crippen LogP contribution in [0.4, 0.5) is 0 Å². The van der Waals surface area contributed by atoms with Crippen LogP contribution in [0.2, 0.25) is 5.02 Å². The Morgan fingerprint density at radius 3 is 2.88 bits per heavy atom. The summed E-state index contributed by atoms with van der Waals surface area (Å²) in [4.78, 5) is 4.16. The van der Waals surface area contributed by atoms with E-state index in [9.17, 15) is 0 Å². The van der Waals surface area contributed by atoms with Crippen LogP contribution in [-0.4, -0.2) is 10.1 Å². The first kappa shape index (κ1) is 11.6. The van der Waals surface area contributed by atoms with Gasteiger partial charge in [0.2, 0.25) is 11.7 Å². The smallest absolute Gasteiger partial charge is 0.240 e. The van der Waals surface area contributed by atoms with Gasteiger partial charge in [-0.05, 0) is 24.6 Å². The van der Waals surface area contributed by atoms with Crippen LogP contribution in [0.15, 0.2) is 21.1 Å². The maximum absolute atomic E-state index is 6.07. The monoisotopic (exact) mass is 301 g/mol. The van der Waals surface area contributed by atoms with Crippen molar-refractivity contribution in [2.75, 3.05) is 0 Å². The summed E-state index contributed by atoms with van der Waals surface area (Å²) in [5.74, 6) is 0.909. The van der Waals surface area contributed by atoms with Crippen molar-refractivity contribution in [1.82, 2.24) is 10.1 Å². The first-order valence-electron chi connectivity index (χ1n) is 4.60. The van der Waals surface area contributed by atoms with Gasteiger partial charge in [0.05, 0.1) is 6.54 Å². The predicted octanol–water partition coefficient (Wildman–Crippen LogP) is 2.92. The molecule has 0 aliphatic rings. The number of halogens is 2. The second kappa shape index (κ2) is 4.53. The van der Waals surface area contributed by atoms with Gasteiger partial charge >= 0.3 is 0 Å². The van der Waals surface area contributed by atoms with Gasteiger partial charge in [-0.3, -0.25) is 0 Å². The molecule has 0 amide bonds. The van der Waals surface area contributed by atoms with E-state index < -0.39 is 0 Å². The number of nitrogens with two attached hydrogens (primary N) is 1. The SMILES string of the molecule is Cc1c(Cl)cc(Br)cc1-c1noc(CN)n1. The minimum atomic E-state index is 0.230. The van der Waals surface area contributed by atoms with E-state index in [0.717, 1.165) is 15.6 Å². The van der Waals surface area contributed by atoms with Crippen molar-refractivity contribution in [3.8, 4) is 11.4 Å². The molecule has 1 heterocycles. The van der Waals surface area contributed by atoms with Crippen LogP contribution in [-0.2, 0) is 6.54 Å². The molecular formula is C10H9BrClN3O. The molecule has 2 N–H and O–H groups in total. The summed E-state index contributed by atoms with van der Waals surface area (Å²) in [6, 6.07) is 3.72. The van der Waals surface area contributed by atoms with E-state index in [1.807, 2.05) is 19.1 Å². The van der Waals surface area contributed by atoms with Crippen LogP contribution in [0.1, 0.15) is 11.5 Å². The number of hydrogen-bond donors (Lipinski definition) is 1. The zero-order chi connectivity index (χ0) is 11.7. The van der Waals surface area contributed by atoms with E-state index in [4.69, 9.17) is 21.9 Å². The Hall–Kier alpha value is -0.910. The molecule has 0 saturated heterocycles. The van der Waals surface area contributed by atoms with Crippen molar-refractivity contribution >= 4 is 27.5 Å². The third-order valence-electron chi connectivity index (χ3n) is 2.19. The van der Waals surface area contributed by atoms with E-state index in [-0.39, 0.29) is 6.54 Å². The van der Waals surface area contributed by atoms with Crippen molar-refractivity contribution in [1.29, 1.82) is 0 Å². The number of rotatable bonds is 2. The van der Waals surface area contributed by atoms with Gasteiger partial charge in [0.1, 0.15) is 0 Å². The fourth-order valence-corrected chi connectivity index (χ4v) is 2.13. The van der Waals surface area contributed by atoms with Gasteiger partial charge in [-0.1, -0.05) is 32.7 Å². The Bertz CT molecular complexity index is 527. The third-order valence-corrected chi connectivity index (χ3v) is 3.04. The van der Waals surface area contributed by atoms with Gasteiger partial charge in [-0.2, -0.15) is 4.98 Å². The van der Waals surface area contributed by atoms with Gasteiger partial charge in [0.15, 0.2) is 0 Å². The van der Waals surface area contributed by atoms with Gasteiger partial charge in [-0.25, -0.2) is 0 Å². The molecule has 0 aliphatic carbocycles. The molecule has 1 aromatic heterocycles. The summed E-state index contributed by atoms with van der Waals surface area (Å²) in [6.45, 7) is 2.14. The van der Waals surface area contributed by atoms with Crippen molar-refractivity contribution in [2.45, 2.75) is 13.5 Å². The molecule has 4 nitrogen and oxygen atoms in total. The summed E-state index contributed by atoms with van der Waals surface area (Å²) in [5, 5.41) is 4.51. The molecule has 16 heavy (non-hydrogen) atoms. The summed E-state index contributed by atoms with van der Waals surface area (Å²) in [5.41, 5.74) is 7.15. The summed E-state index contributed by atoms with van der Waals surface area (Å²) >= 11 is 9.44. The topological polar surface area (TPSA) is 64.9 Å². The van der Waals surface area contributed by atoms with Crippen molar-refractivity contribution in [3.63, 3.8) is 0 Å². The molecule has 0 unspecified atom stereocenters. The normalized spacial score (nSPS) is 10.8.